The van der Waals surface area contributed by atoms with Crippen LogP contribution in [0.15, 0.2) is 30.3 Å². The molecule has 1 amide bonds. The summed E-state index contributed by atoms with van der Waals surface area (Å²) in [5, 5.41) is 10.1. The van der Waals surface area contributed by atoms with Gasteiger partial charge in [-0.1, -0.05) is 43.7 Å². The number of aliphatic hydroxyl groups excluding tert-OH is 1. The zero-order chi connectivity index (χ0) is 13.5. The van der Waals surface area contributed by atoms with Gasteiger partial charge in [-0.3, -0.25) is 4.79 Å². The van der Waals surface area contributed by atoms with Gasteiger partial charge in [0.15, 0.2) is 0 Å². The zero-order valence-electron chi connectivity index (χ0n) is 11.0. The van der Waals surface area contributed by atoms with Crippen LogP contribution in [0.4, 0.5) is 0 Å². The van der Waals surface area contributed by atoms with Crippen LogP contribution in [0.1, 0.15) is 31.4 Å². The van der Waals surface area contributed by atoms with Crippen molar-refractivity contribution in [3.63, 3.8) is 0 Å². The molecule has 0 unspecified atom stereocenters. The van der Waals surface area contributed by atoms with E-state index in [2.05, 4.69) is 6.92 Å². The van der Waals surface area contributed by atoms with Crippen molar-refractivity contribution < 1.29 is 9.90 Å². The first-order chi connectivity index (χ1) is 8.57. The van der Waals surface area contributed by atoms with E-state index >= 15 is 0 Å². The number of nitrogens with two attached hydrogens (primary N) is 1. The zero-order valence-corrected chi connectivity index (χ0v) is 11.0. The Balaban J connectivity index is 2.63. The van der Waals surface area contributed by atoms with Crippen LogP contribution >= 0.6 is 0 Å². The van der Waals surface area contributed by atoms with Crippen LogP contribution in [0.2, 0.25) is 0 Å². The minimum absolute atomic E-state index is 0.222. The van der Waals surface area contributed by atoms with E-state index in [1.165, 1.54) is 0 Å². The largest absolute Gasteiger partial charge is 0.386 e. The monoisotopic (exact) mass is 250 g/mol. The van der Waals surface area contributed by atoms with Gasteiger partial charge in [-0.25, -0.2) is 0 Å². The second-order valence-electron chi connectivity index (χ2n) is 4.49. The number of carbonyl (C=O) groups is 1. The van der Waals surface area contributed by atoms with Crippen molar-refractivity contribution in [2.75, 3.05) is 13.6 Å². The molecule has 1 aromatic rings. The Kier molecular flexibility index (Phi) is 5.82. The molecular formula is C14H22N2O2. The Morgan fingerprint density at radius 3 is 2.56 bits per heavy atom. The van der Waals surface area contributed by atoms with Crippen LogP contribution in [0.3, 0.4) is 0 Å². The summed E-state index contributed by atoms with van der Waals surface area (Å²) in [5.41, 5.74) is 6.49. The lowest BCUT2D eigenvalue weighted by atomic mass is 10.0. The number of carbonyl (C=O) groups excluding carboxylic acids is 1. The van der Waals surface area contributed by atoms with Gasteiger partial charge in [-0.15, -0.1) is 0 Å². The maximum absolute atomic E-state index is 12.0. The van der Waals surface area contributed by atoms with E-state index in [1.807, 2.05) is 18.2 Å². The van der Waals surface area contributed by atoms with Gasteiger partial charge in [0.05, 0.1) is 0 Å². The van der Waals surface area contributed by atoms with Gasteiger partial charge in [0, 0.05) is 13.6 Å². The molecule has 0 aromatic heterocycles. The van der Waals surface area contributed by atoms with Crippen molar-refractivity contribution in [3.8, 4) is 0 Å². The first-order valence-corrected chi connectivity index (χ1v) is 6.31. The predicted molar refractivity (Wildman–Crippen MR) is 71.9 cm³/mol. The summed E-state index contributed by atoms with van der Waals surface area (Å²) in [5.74, 6) is -0.222. The van der Waals surface area contributed by atoms with Gasteiger partial charge < -0.3 is 15.7 Å². The summed E-state index contributed by atoms with van der Waals surface area (Å²) in [6, 6.07) is 8.12. The number of unbranched alkanes of at least 4 members (excludes halogenated alkanes) is 1. The molecule has 0 radical (unpaired) electrons. The van der Waals surface area contributed by atoms with E-state index in [4.69, 9.17) is 5.73 Å². The molecule has 4 heteroatoms. The molecule has 0 bridgehead atoms. The third-order valence-electron chi connectivity index (χ3n) is 2.99. The van der Waals surface area contributed by atoms with Gasteiger partial charge in [0.2, 0.25) is 5.91 Å². The van der Waals surface area contributed by atoms with Crippen molar-refractivity contribution in [1.29, 1.82) is 0 Å². The van der Waals surface area contributed by atoms with E-state index in [-0.39, 0.29) is 5.91 Å². The standard InChI is InChI=1S/C14H22N2O2/c1-3-4-10-16(2)14(18)12(15)13(17)11-8-6-5-7-9-11/h5-9,12-13,17H,3-4,10,15H2,1-2H3/t12-,13+/m0/s1. The molecule has 1 rings (SSSR count). The van der Waals surface area contributed by atoms with Crippen LogP contribution in [0.25, 0.3) is 0 Å². The summed E-state index contributed by atoms with van der Waals surface area (Å²) >= 11 is 0. The Morgan fingerprint density at radius 1 is 1.39 bits per heavy atom. The SMILES string of the molecule is CCCCN(C)C(=O)[C@@H](N)[C@H](O)c1ccccc1. The molecule has 3 N–H and O–H groups in total. The quantitative estimate of drug-likeness (QED) is 0.800. The van der Waals surface area contributed by atoms with Crippen LogP contribution in [-0.4, -0.2) is 35.5 Å². The number of hydrogen-bond donors (Lipinski definition) is 2. The Labute approximate surface area is 108 Å². The average molecular weight is 250 g/mol. The van der Waals surface area contributed by atoms with Crippen molar-refractivity contribution in [2.24, 2.45) is 5.73 Å². The average Bonchev–Trinajstić information content (AvgIpc) is 2.43. The molecule has 0 aliphatic carbocycles. The number of aliphatic hydroxyl groups is 1. The molecule has 0 saturated carbocycles. The maximum Gasteiger partial charge on any atom is 0.242 e. The number of hydrogen-bond acceptors (Lipinski definition) is 3. The first-order valence-electron chi connectivity index (χ1n) is 6.31. The lowest BCUT2D eigenvalue weighted by Gasteiger charge is -2.24. The fourth-order valence-electron chi connectivity index (χ4n) is 1.75. The fourth-order valence-corrected chi connectivity index (χ4v) is 1.75. The maximum atomic E-state index is 12.0. The highest BCUT2D eigenvalue weighted by atomic mass is 16.3. The smallest absolute Gasteiger partial charge is 0.242 e. The number of nitrogens with zero attached hydrogens (tertiary/aromatic N) is 1. The van der Waals surface area contributed by atoms with Crippen LogP contribution in [0.5, 0.6) is 0 Å². The van der Waals surface area contributed by atoms with Gasteiger partial charge in [-0.2, -0.15) is 0 Å². The first kappa shape index (κ1) is 14.7. The van der Waals surface area contributed by atoms with Crippen molar-refractivity contribution in [3.05, 3.63) is 35.9 Å². The van der Waals surface area contributed by atoms with E-state index in [1.54, 1.807) is 24.1 Å². The van der Waals surface area contributed by atoms with Crippen LogP contribution in [0, 0.1) is 0 Å². The van der Waals surface area contributed by atoms with Crippen molar-refractivity contribution in [1.82, 2.24) is 4.90 Å². The molecule has 4 nitrogen and oxygen atoms in total. The Hall–Kier alpha value is -1.39. The molecule has 2 atom stereocenters. The molecule has 0 heterocycles. The van der Waals surface area contributed by atoms with Gasteiger partial charge >= 0.3 is 0 Å². The van der Waals surface area contributed by atoms with Gasteiger partial charge in [0.1, 0.15) is 12.1 Å². The van der Waals surface area contributed by atoms with E-state index < -0.39 is 12.1 Å². The highest BCUT2D eigenvalue weighted by Crippen LogP contribution is 2.16. The molecule has 0 fully saturated rings. The summed E-state index contributed by atoms with van der Waals surface area (Å²) < 4.78 is 0. The third kappa shape index (κ3) is 3.82. The molecule has 0 spiro atoms. The van der Waals surface area contributed by atoms with E-state index in [9.17, 15) is 9.90 Å². The highest BCUT2D eigenvalue weighted by Gasteiger charge is 2.26. The lowest BCUT2D eigenvalue weighted by molar-refractivity contribution is -0.134. The summed E-state index contributed by atoms with van der Waals surface area (Å²) in [4.78, 5) is 13.6. The minimum atomic E-state index is -0.956. The lowest BCUT2D eigenvalue weighted by Crippen LogP contribution is -2.45. The fraction of sp³-hybridized carbons (Fsp3) is 0.500. The number of rotatable bonds is 6. The van der Waals surface area contributed by atoms with Crippen molar-refractivity contribution >= 4 is 5.91 Å². The van der Waals surface area contributed by atoms with Gasteiger partial charge in [0.25, 0.3) is 0 Å². The van der Waals surface area contributed by atoms with Crippen molar-refractivity contribution in [2.45, 2.75) is 31.9 Å². The summed E-state index contributed by atoms with van der Waals surface area (Å²) in [6.45, 7) is 2.74. The Bertz CT molecular complexity index is 367. The number of likely N-dealkylation sites (N-methyl/N-ethyl adjacent to an activating group) is 1. The topological polar surface area (TPSA) is 66.6 Å². The molecule has 18 heavy (non-hydrogen) atoms. The van der Waals surface area contributed by atoms with Crippen LogP contribution < -0.4 is 5.73 Å². The number of amides is 1. The van der Waals surface area contributed by atoms with Gasteiger partial charge in [-0.05, 0) is 12.0 Å². The van der Waals surface area contributed by atoms with E-state index in [0.29, 0.717) is 12.1 Å². The summed E-state index contributed by atoms with van der Waals surface area (Å²) in [6.07, 6.45) is 1.01. The molecule has 0 aliphatic rings. The third-order valence-corrected chi connectivity index (χ3v) is 2.99. The Morgan fingerprint density at radius 2 is 2.00 bits per heavy atom. The minimum Gasteiger partial charge on any atom is -0.386 e. The highest BCUT2D eigenvalue weighted by molar-refractivity contribution is 5.82. The van der Waals surface area contributed by atoms with E-state index in [0.717, 1.165) is 12.8 Å². The number of benzene rings is 1. The molecule has 0 aliphatic heterocycles. The molecule has 0 saturated heterocycles. The molecule has 100 valence electrons. The van der Waals surface area contributed by atoms with Crippen LogP contribution in [-0.2, 0) is 4.79 Å². The predicted octanol–water partition coefficient (Wildman–Crippen LogP) is 1.31. The molecule has 1 aromatic carbocycles. The second kappa shape index (κ2) is 7.13. The normalized spacial score (nSPS) is 14.0. The summed E-state index contributed by atoms with van der Waals surface area (Å²) in [7, 11) is 1.72. The second-order valence-corrected chi connectivity index (χ2v) is 4.49. The molecular weight excluding hydrogens is 228 g/mol.